The zero-order valence-corrected chi connectivity index (χ0v) is 14.0. The highest BCUT2D eigenvalue weighted by molar-refractivity contribution is 6.20. The number of hydroxylamine groups is 2. The van der Waals surface area contributed by atoms with Gasteiger partial charge < -0.3 is 9.74 Å². The minimum absolute atomic E-state index is 0.266. The third kappa shape index (κ3) is 3.19. The molecule has 0 radical (unpaired) electrons. The molecule has 128 valence electrons. The van der Waals surface area contributed by atoms with Crippen LogP contribution in [0.1, 0.15) is 47.4 Å². The number of fused-ring (bicyclic) bond motifs is 1. The number of carbonyl (C=O) groups excluding carboxylic acids is 3. The van der Waals surface area contributed by atoms with Crippen LogP contribution >= 0.6 is 0 Å². The van der Waals surface area contributed by atoms with Crippen LogP contribution in [0.2, 0.25) is 0 Å². The maximum atomic E-state index is 12.3. The number of hydrogen-bond acceptors (Lipinski definition) is 5. The van der Waals surface area contributed by atoms with E-state index in [-0.39, 0.29) is 17.0 Å². The van der Waals surface area contributed by atoms with Crippen molar-refractivity contribution in [1.29, 1.82) is 0 Å². The fraction of sp³-hybridized carbons (Fsp3) is 0.500. The van der Waals surface area contributed by atoms with E-state index in [4.69, 9.17) is 4.84 Å². The van der Waals surface area contributed by atoms with Gasteiger partial charge in [0.25, 0.3) is 11.8 Å². The number of rotatable bonds is 4. The van der Waals surface area contributed by atoms with E-state index in [1.165, 1.54) is 0 Å². The molecule has 24 heavy (non-hydrogen) atoms. The first-order valence-electron chi connectivity index (χ1n) is 8.39. The zero-order chi connectivity index (χ0) is 17.3. The fourth-order valence-electron chi connectivity index (χ4n) is 3.28. The Bertz CT molecular complexity index is 628. The first-order valence-corrected chi connectivity index (χ1v) is 8.39. The molecule has 0 saturated carbocycles. The average molecular weight is 330 g/mol. The Morgan fingerprint density at radius 2 is 1.67 bits per heavy atom. The van der Waals surface area contributed by atoms with E-state index in [0.717, 1.165) is 19.6 Å². The normalized spacial score (nSPS) is 19.0. The van der Waals surface area contributed by atoms with Gasteiger partial charge in [0.2, 0.25) is 0 Å². The van der Waals surface area contributed by atoms with Crippen molar-refractivity contribution in [3.8, 4) is 0 Å². The summed E-state index contributed by atoms with van der Waals surface area (Å²) >= 11 is 0. The molecule has 0 atom stereocenters. The van der Waals surface area contributed by atoms with Crippen molar-refractivity contribution >= 4 is 17.8 Å². The summed E-state index contributed by atoms with van der Waals surface area (Å²) in [4.78, 5) is 44.3. The van der Waals surface area contributed by atoms with Crippen LogP contribution in [0.4, 0.5) is 0 Å². The maximum absolute atomic E-state index is 12.3. The largest absolute Gasteiger partial charge is 0.336 e. The summed E-state index contributed by atoms with van der Waals surface area (Å²) in [5.74, 6) is -1.30. The van der Waals surface area contributed by atoms with Crippen LogP contribution in [0, 0.1) is 11.8 Å². The maximum Gasteiger partial charge on any atom is 0.336 e. The van der Waals surface area contributed by atoms with E-state index >= 15 is 0 Å². The van der Waals surface area contributed by atoms with Crippen LogP contribution in [0.15, 0.2) is 24.3 Å². The molecule has 0 spiro atoms. The molecule has 0 N–H and O–H groups in total. The molecule has 2 aliphatic rings. The van der Waals surface area contributed by atoms with Crippen LogP contribution < -0.4 is 0 Å². The van der Waals surface area contributed by atoms with Crippen molar-refractivity contribution < 1.29 is 19.2 Å². The zero-order valence-electron chi connectivity index (χ0n) is 14.0. The van der Waals surface area contributed by atoms with E-state index < -0.39 is 17.8 Å². The molecule has 0 bridgehead atoms. The predicted molar refractivity (Wildman–Crippen MR) is 87.0 cm³/mol. The van der Waals surface area contributed by atoms with Crippen LogP contribution in [0.5, 0.6) is 0 Å². The van der Waals surface area contributed by atoms with Gasteiger partial charge in [0.15, 0.2) is 0 Å². The summed E-state index contributed by atoms with van der Waals surface area (Å²) < 4.78 is 0. The van der Waals surface area contributed by atoms with Crippen molar-refractivity contribution in [2.24, 2.45) is 11.8 Å². The number of benzene rings is 1. The molecule has 2 heterocycles. The lowest BCUT2D eigenvalue weighted by Gasteiger charge is -2.32. The molecule has 1 aromatic rings. The quantitative estimate of drug-likeness (QED) is 0.791. The lowest BCUT2D eigenvalue weighted by Crippen LogP contribution is -2.41. The third-order valence-electron chi connectivity index (χ3n) is 4.48. The van der Waals surface area contributed by atoms with E-state index in [0.29, 0.717) is 23.8 Å². The molecular formula is C18H22N2O4. The van der Waals surface area contributed by atoms with Crippen molar-refractivity contribution in [3.63, 3.8) is 0 Å². The molecule has 3 rings (SSSR count). The molecular weight excluding hydrogens is 308 g/mol. The minimum atomic E-state index is -0.568. The summed E-state index contributed by atoms with van der Waals surface area (Å²) in [6.45, 7) is 7.02. The summed E-state index contributed by atoms with van der Waals surface area (Å²) in [5, 5.41) is 0.605. The van der Waals surface area contributed by atoms with Crippen LogP contribution in [-0.4, -0.2) is 47.4 Å². The Hall–Kier alpha value is -2.21. The molecule has 0 aliphatic carbocycles. The average Bonchev–Trinajstić information content (AvgIpc) is 2.80. The number of imide groups is 1. The van der Waals surface area contributed by atoms with E-state index in [1.807, 2.05) is 0 Å². The second-order valence-electron chi connectivity index (χ2n) is 6.83. The highest BCUT2D eigenvalue weighted by atomic mass is 16.7. The van der Waals surface area contributed by atoms with Gasteiger partial charge >= 0.3 is 5.97 Å². The van der Waals surface area contributed by atoms with Gasteiger partial charge in [0, 0.05) is 6.54 Å². The van der Waals surface area contributed by atoms with Crippen molar-refractivity contribution in [2.75, 3.05) is 19.6 Å². The SMILES string of the molecule is CC(C)CN1CCC(C(=O)ON2C(=O)c3ccccc3C2=O)CC1. The molecule has 6 nitrogen and oxygen atoms in total. The fourth-order valence-corrected chi connectivity index (χ4v) is 3.28. The number of piperidine rings is 1. The predicted octanol–water partition coefficient (Wildman–Crippen LogP) is 2.11. The number of nitrogens with zero attached hydrogens (tertiary/aromatic N) is 2. The second-order valence-corrected chi connectivity index (χ2v) is 6.83. The molecule has 1 fully saturated rings. The number of likely N-dealkylation sites (tertiary alicyclic amines) is 1. The Morgan fingerprint density at radius 3 is 2.17 bits per heavy atom. The first-order chi connectivity index (χ1) is 11.5. The number of amides is 2. The van der Waals surface area contributed by atoms with Crippen molar-refractivity contribution in [2.45, 2.75) is 26.7 Å². The van der Waals surface area contributed by atoms with Crippen LogP contribution in [0.25, 0.3) is 0 Å². The van der Waals surface area contributed by atoms with Crippen LogP contribution in [-0.2, 0) is 9.63 Å². The molecule has 6 heteroatoms. The Morgan fingerprint density at radius 1 is 1.12 bits per heavy atom. The third-order valence-corrected chi connectivity index (χ3v) is 4.48. The van der Waals surface area contributed by atoms with Gasteiger partial charge in [-0.25, -0.2) is 4.79 Å². The molecule has 2 amide bonds. The van der Waals surface area contributed by atoms with Crippen molar-refractivity contribution in [3.05, 3.63) is 35.4 Å². The van der Waals surface area contributed by atoms with Gasteiger partial charge in [-0.2, -0.15) is 0 Å². The Balaban J connectivity index is 1.59. The Labute approximate surface area is 141 Å². The minimum Gasteiger partial charge on any atom is -0.329 e. The second kappa shape index (κ2) is 6.73. The highest BCUT2D eigenvalue weighted by Gasteiger charge is 2.40. The van der Waals surface area contributed by atoms with Gasteiger partial charge in [-0.15, -0.1) is 0 Å². The van der Waals surface area contributed by atoms with Crippen molar-refractivity contribution in [1.82, 2.24) is 9.96 Å². The Kier molecular flexibility index (Phi) is 4.66. The molecule has 1 saturated heterocycles. The van der Waals surface area contributed by atoms with Gasteiger partial charge in [0.05, 0.1) is 17.0 Å². The first kappa shape index (κ1) is 16.6. The standard InChI is InChI=1S/C18H22N2O4/c1-12(2)11-19-9-7-13(8-10-19)18(23)24-20-16(21)14-5-3-4-6-15(14)17(20)22/h3-6,12-13H,7-11H2,1-2H3. The monoisotopic (exact) mass is 330 g/mol. The van der Waals surface area contributed by atoms with Gasteiger partial charge in [-0.05, 0) is 44.0 Å². The smallest absolute Gasteiger partial charge is 0.329 e. The molecule has 2 aliphatic heterocycles. The highest BCUT2D eigenvalue weighted by Crippen LogP contribution is 2.25. The van der Waals surface area contributed by atoms with Gasteiger partial charge in [-0.3, -0.25) is 9.59 Å². The summed E-state index contributed by atoms with van der Waals surface area (Å²) in [6.07, 6.45) is 1.38. The number of hydrogen-bond donors (Lipinski definition) is 0. The van der Waals surface area contributed by atoms with E-state index in [9.17, 15) is 14.4 Å². The molecule has 1 aromatic carbocycles. The summed E-state index contributed by atoms with van der Waals surface area (Å²) in [6, 6.07) is 6.49. The lowest BCUT2D eigenvalue weighted by atomic mass is 9.96. The van der Waals surface area contributed by atoms with E-state index in [1.54, 1.807) is 24.3 Å². The lowest BCUT2D eigenvalue weighted by molar-refractivity contribution is -0.175. The van der Waals surface area contributed by atoms with Crippen LogP contribution in [0.3, 0.4) is 0 Å². The van der Waals surface area contributed by atoms with Gasteiger partial charge in [-0.1, -0.05) is 31.0 Å². The molecule has 0 unspecified atom stereocenters. The summed E-state index contributed by atoms with van der Waals surface area (Å²) in [7, 11) is 0. The number of carbonyl (C=O) groups is 3. The molecule has 0 aromatic heterocycles. The topological polar surface area (TPSA) is 66.9 Å². The van der Waals surface area contributed by atoms with Gasteiger partial charge in [0.1, 0.15) is 0 Å². The van der Waals surface area contributed by atoms with E-state index in [2.05, 4.69) is 18.7 Å². The summed E-state index contributed by atoms with van der Waals surface area (Å²) in [5.41, 5.74) is 0.559.